The number of halogens is 1. The Morgan fingerprint density at radius 3 is 2.22 bits per heavy atom. The summed E-state index contributed by atoms with van der Waals surface area (Å²) in [7, 11) is 1.48. The summed E-state index contributed by atoms with van der Waals surface area (Å²) in [6.45, 7) is 23.1. The number of cyclic esters (lactones) is 1. The summed E-state index contributed by atoms with van der Waals surface area (Å²) in [4.78, 5) is 43.5. The van der Waals surface area contributed by atoms with Crippen molar-refractivity contribution in [3.63, 3.8) is 0 Å². The van der Waals surface area contributed by atoms with Gasteiger partial charge < -0.3 is 69.5 Å². The van der Waals surface area contributed by atoms with Gasteiger partial charge in [0.2, 0.25) is 0 Å². The first-order valence-corrected chi connectivity index (χ1v) is 29.1. The van der Waals surface area contributed by atoms with E-state index in [1.807, 2.05) is 18.7 Å². The van der Waals surface area contributed by atoms with Gasteiger partial charge in [0.15, 0.2) is 29.6 Å². The molecule has 3 aliphatic heterocycles. The van der Waals surface area contributed by atoms with Crippen LogP contribution in [0.1, 0.15) is 154 Å². The zero-order chi connectivity index (χ0) is 58.0. The molecule has 4 unspecified atom stereocenters. The monoisotopic (exact) mass is 1110 g/mol. The molecule has 1 amide bonds. The molecule has 7 rings (SSSR count). The SMILES string of the molecule is CC[C@H]1OC(=O)[C@H](C)C(O[C@H]2C[C@](C)(OC)[C@@H](O)[C@H](C)O2)[C@H](C)[C@@H](OC2O[C@H](C)CC[C@H]2O)[C@](C)(O)C[C@@H](C)CN(CCCNC(=O)[C@@]2(O)[C@H](C)CC3C4CCC5=CC(=O)C=C[C@]5(C)[C@@]4(F)[C@@H](O)C[C@@]32C)[C@H](C)[C@@H](O)[C@@]1(C)O. The number of alkyl halides is 1. The van der Waals surface area contributed by atoms with Gasteiger partial charge in [-0.2, -0.15) is 0 Å². The lowest BCUT2D eigenvalue weighted by atomic mass is 9.44. The maximum absolute atomic E-state index is 17.9. The molecule has 0 spiro atoms. The fraction of sp³-hybridized carbons (Fsp3) is 0.881. The Kier molecular flexibility index (Phi) is 18.8. The summed E-state index contributed by atoms with van der Waals surface area (Å²) in [6, 6.07) is -0.795. The smallest absolute Gasteiger partial charge is 0.311 e. The van der Waals surface area contributed by atoms with Gasteiger partial charge in [-0.3, -0.25) is 19.3 Å². The van der Waals surface area contributed by atoms with Crippen LogP contribution in [-0.2, 0) is 42.8 Å². The third-order valence-corrected chi connectivity index (χ3v) is 20.8. The number of amides is 1. The number of nitrogens with zero attached hydrogens (tertiary/aromatic N) is 1. The Hall–Kier alpha value is -2.50. The van der Waals surface area contributed by atoms with Crippen molar-refractivity contribution >= 4 is 17.7 Å². The van der Waals surface area contributed by atoms with E-state index >= 15 is 4.39 Å². The number of rotatable bonds is 11. The van der Waals surface area contributed by atoms with Crippen LogP contribution in [0.25, 0.3) is 0 Å². The summed E-state index contributed by atoms with van der Waals surface area (Å²) in [5.41, 5.74) is -10.6. The number of esters is 1. The molecule has 78 heavy (non-hydrogen) atoms. The minimum atomic E-state index is -2.12. The van der Waals surface area contributed by atoms with Crippen LogP contribution < -0.4 is 5.32 Å². The third-order valence-electron chi connectivity index (χ3n) is 20.8. The number of ether oxygens (including phenoxy) is 6. The van der Waals surface area contributed by atoms with Gasteiger partial charge in [0.1, 0.15) is 30.0 Å². The van der Waals surface area contributed by atoms with Crippen molar-refractivity contribution in [2.75, 3.05) is 26.7 Å². The highest BCUT2D eigenvalue weighted by Crippen LogP contribution is 2.70. The number of hydrogen-bond acceptors (Lipinski definition) is 17. The predicted octanol–water partition coefficient (Wildman–Crippen LogP) is 4.59. The average molecular weight is 1110 g/mol. The fourth-order valence-electron chi connectivity index (χ4n) is 15.9. The Morgan fingerprint density at radius 1 is 0.885 bits per heavy atom. The van der Waals surface area contributed by atoms with Crippen molar-refractivity contribution in [2.45, 2.75) is 256 Å². The van der Waals surface area contributed by atoms with Gasteiger partial charge in [-0.15, -0.1) is 0 Å². The minimum absolute atomic E-state index is 0.0737. The van der Waals surface area contributed by atoms with Gasteiger partial charge in [0, 0.05) is 61.9 Å². The molecule has 0 radical (unpaired) electrons. The molecule has 4 aliphatic carbocycles. The molecule has 7 aliphatic rings. The van der Waals surface area contributed by atoms with E-state index in [9.17, 15) is 50.1 Å². The Balaban J connectivity index is 1.14. The number of carbonyl (C=O) groups excluding carboxylic acids is 3. The van der Waals surface area contributed by atoms with Crippen LogP contribution in [0.15, 0.2) is 23.8 Å². The zero-order valence-corrected chi connectivity index (χ0v) is 48.9. The molecule has 3 saturated carbocycles. The summed E-state index contributed by atoms with van der Waals surface area (Å²) in [6.07, 6.45) is -4.72. The molecule has 0 aromatic heterocycles. The van der Waals surface area contributed by atoms with E-state index in [0.29, 0.717) is 44.1 Å². The number of allylic oxidation sites excluding steroid dienone is 4. The van der Waals surface area contributed by atoms with E-state index in [0.717, 1.165) is 0 Å². The molecule has 6 fully saturated rings. The second-order valence-electron chi connectivity index (χ2n) is 26.4. The molecular formula is C59H97FN2O16. The summed E-state index contributed by atoms with van der Waals surface area (Å²) >= 11 is 0. The first-order valence-electron chi connectivity index (χ1n) is 29.1. The van der Waals surface area contributed by atoms with Crippen LogP contribution >= 0.6 is 0 Å². The van der Waals surface area contributed by atoms with Crippen molar-refractivity contribution < 1.29 is 82.9 Å². The molecule has 18 nitrogen and oxygen atoms in total. The second kappa shape index (κ2) is 23.3. The lowest BCUT2D eigenvalue weighted by Crippen LogP contribution is -2.70. The third kappa shape index (κ3) is 11.1. The van der Waals surface area contributed by atoms with Crippen LogP contribution in [0.2, 0.25) is 0 Å². The van der Waals surface area contributed by atoms with E-state index in [4.69, 9.17) is 28.4 Å². The lowest BCUT2D eigenvalue weighted by Gasteiger charge is -2.62. The van der Waals surface area contributed by atoms with Crippen molar-refractivity contribution in [2.24, 2.45) is 46.3 Å². The lowest BCUT2D eigenvalue weighted by molar-refractivity contribution is -0.314. The standard InChI is InChI=1S/C59H97FN2O16/c1-15-44-57(13,71)47(66)36(7)62(24-16-23-61-52(69)59(72)32(3)25-41-40-19-18-38-26-39(63)21-22-53(38,9)58(40,60)43(65)28-54(41,59)10)30-31(2)27-55(11,70)49(78-51-42(64)20-17-33(4)74-51)34(5)46(35(6)50(68)76-44)77-45-29-56(12,73-14)48(67)37(8)75-45/h21-22,26,31-37,40-49,51,64-67,70-72H,15-20,23-25,27-30H2,1-14H3,(H,61,69)/t31-,32-,33-,34+,35-,36-,37+,40?,41?,42-,43+,44-,45+,46?,47-,48+,49-,51?,53+,54+,55-,56+,57+,58+,59+/m1/s1. The largest absolute Gasteiger partial charge is 0.459 e. The minimum Gasteiger partial charge on any atom is -0.459 e. The highest BCUT2D eigenvalue weighted by atomic mass is 19.1. The van der Waals surface area contributed by atoms with Gasteiger partial charge in [-0.1, -0.05) is 46.3 Å². The molecule has 446 valence electrons. The number of methoxy groups -OCH3 is 1. The van der Waals surface area contributed by atoms with Gasteiger partial charge >= 0.3 is 5.97 Å². The van der Waals surface area contributed by atoms with Crippen LogP contribution in [0.4, 0.5) is 4.39 Å². The number of ketones is 1. The quantitative estimate of drug-likeness (QED) is 0.104. The van der Waals surface area contributed by atoms with Crippen LogP contribution in [0.5, 0.6) is 0 Å². The van der Waals surface area contributed by atoms with E-state index in [1.165, 1.54) is 26.2 Å². The molecule has 3 heterocycles. The molecular weight excluding hydrogens is 1010 g/mol. The molecule has 19 heteroatoms. The van der Waals surface area contributed by atoms with E-state index < -0.39 is 148 Å². The number of nitrogens with one attached hydrogen (secondary N) is 1. The number of carbonyl (C=O) groups is 3. The Morgan fingerprint density at radius 2 is 1.56 bits per heavy atom. The van der Waals surface area contributed by atoms with Gasteiger partial charge in [0.05, 0.1) is 47.6 Å². The van der Waals surface area contributed by atoms with Crippen LogP contribution in [-0.4, -0.2) is 187 Å². The first kappa shape index (κ1) is 63.1. The molecule has 0 aromatic carbocycles. The van der Waals surface area contributed by atoms with Gasteiger partial charge in [0.25, 0.3) is 5.91 Å². The van der Waals surface area contributed by atoms with E-state index in [-0.39, 0.29) is 63.1 Å². The molecule has 0 bridgehead atoms. The molecule has 8 N–H and O–H groups in total. The summed E-state index contributed by atoms with van der Waals surface area (Å²) < 4.78 is 55.7. The highest BCUT2D eigenvalue weighted by Gasteiger charge is 2.76. The number of hydrogen-bond donors (Lipinski definition) is 8. The Labute approximate surface area is 462 Å². The topological polar surface area (TPSA) is 263 Å². The van der Waals surface area contributed by atoms with Crippen LogP contribution in [0.3, 0.4) is 0 Å². The zero-order valence-electron chi connectivity index (χ0n) is 48.9. The van der Waals surface area contributed by atoms with Crippen molar-refractivity contribution in [3.05, 3.63) is 23.8 Å². The number of fused-ring (bicyclic) bond motifs is 5. The van der Waals surface area contributed by atoms with Crippen LogP contribution in [0, 0.1) is 46.3 Å². The van der Waals surface area contributed by atoms with Crippen molar-refractivity contribution in [1.82, 2.24) is 10.2 Å². The second-order valence-corrected chi connectivity index (χ2v) is 26.4. The first-order chi connectivity index (χ1) is 36.2. The van der Waals surface area contributed by atoms with Gasteiger partial charge in [-0.05, 0) is 143 Å². The maximum Gasteiger partial charge on any atom is 0.311 e. The highest BCUT2D eigenvalue weighted by molar-refractivity contribution is 6.01. The number of aliphatic hydroxyl groups is 7. The van der Waals surface area contributed by atoms with E-state index in [1.54, 1.807) is 75.3 Å². The number of aliphatic hydroxyl groups excluding tert-OH is 4. The van der Waals surface area contributed by atoms with Gasteiger partial charge in [-0.25, -0.2) is 4.39 Å². The average Bonchev–Trinajstić information content (AvgIpc) is 3.62. The molecule has 25 atom stereocenters. The summed E-state index contributed by atoms with van der Waals surface area (Å²) in [5.74, 6) is -5.63. The van der Waals surface area contributed by atoms with E-state index in [2.05, 4.69) is 5.32 Å². The molecule has 0 aromatic rings. The predicted molar refractivity (Wildman–Crippen MR) is 286 cm³/mol. The Bertz CT molecular complexity index is 2220. The molecule has 3 saturated heterocycles. The summed E-state index contributed by atoms with van der Waals surface area (Å²) in [5, 5.41) is 87.4. The maximum atomic E-state index is 17.9. The van der Waals surface area contributed by atoms with Crippen molar-refractivity contribution in [3.8, 4) is 0 Å². The normalized spacial score (nSPS) is 50.8. The fourth-order valence-corrected chi connectivity index (χ4v) is 15.9. The van der Waals surface area contributed by atoms with Crippen molar-refractivity contribution in [1.29, 1.82) is 0 Å².